The van der Waals surface area contributed by atoms with Crippen LogP contribution in [0.1, 0.15) is 56.5 Å². The average molecular weight is 423 g/mol. The number of unbranched alkanes of at least 4 members (excludes halogenated alkanes) is 1. The molecule has 0 saturated carbocycles. The summed E-state index contributed by atoms with van der Waals surface area (Å²) in [5.74, 6) is -0.0990. The minimum atomic E-state index is -0.543. The van der Waals surface area contributed by atoms with Crippen LogP contribution in [0.2, 0.25) is 0 Å². The Morgan fingerprint density at radius 1 is 1.07 bits per heavy atom. The minimum Gasteiger partial charge on any atom is -0.494 e. The van der Waals surface area contributed by atoms with E-state index < -0.39 is 5.91 Å². The Morgan fingerprint density at radius 3 is 2.40 bits per heavy atom. The fourth-order valence-electron chi connectivity index (χ4n) is 3.11. The third-order valence-electron chi connectivity index (χ3n) is 4.81. The molecular formula is C24H26N2O3S. The van der Waals surface area contributed by atoms with Gasteiger partial charge in [-0.25, -0.2) is 0 Å². The molecule has 1 heterocycles. The molecule has 2 aromatic carbocycles. The standard InChI is InChI=1S/C24H26N2O3S/c1-3-4-14-29-19-12-10-18(11-13-19)23(28)26-24-21(22(25)27)16(2)20(30-24)15-17-8-6-5-7-9-17/h5-13H,3-4,14-15H2,1-2H3,(H2,25,27)(H,26,28). The van der Waals surface area contributed by atoms with Gasteiger partial charge in [0.25, 0.3) is 11.8 Å². The molecule has 1 aromatic heterocycles. The van der Waals surface area contributed by atoms with E-state index in [9.17, 15) is 9.59 Å². The van der Waals surface area contributed by atoms with Gasteiger partial charge in [-0.15, -0.1) is 11.3 Å². The lowest BCUT2D eigenvalue weighted by atomic mass is 10.1. The summed E-state index contributed by atoms with van der Waals surface area (Å²) in [6, 6.07) is 17.0. The van der Waals surface area contributed by atoms with Gasteiger partial charge in [0.05, 0.1) is 12.2 Å². The summed E-state index contributed by atoms with van der Waals surface area (Å²) in [5, 5.41) is 3.35. The van der Waals surface area contributed by atoms with Crippen LogP contribution in [-0.2, 0) is 6.42 Å². The Labute approximate surface area is 180 Å². The van der Waals surface area contributed by atoms with E-state index in [-0.39, 0.29) is 5.91 Å². The smallest absolute Gasteiger partial charge is 0.256 e. The van der Waals surface area contributed by atoms with Crippen LogP contribution >= 0.6 is 11.3 Å². The molecule has 0 unspecified atom stereocenters. The van der Waals surface area contributed by atoms with E-state index >= 15 is 0 Å². The Morgan fingerprint density at radius 2 is 1.77 bits per heavy atom. The largest absolute Gasteiger partial charge is 0.494 e. The van der Waals surface area contributed by atoms with E-state index in [0.29, 0.717) is 29.2 Å². The van der Waals surface area contributed by atoms with Crippen LogP contribution in [0.4, 0.5) is 5.00 Å². The monoisotopic (exact) mass is 422 g/mol. The first-order valence-corrected chi connectivity index (χ1v) is 10.8. The number of carbonyl (C=O) groups is 2. The van der Waals surface area contributed by atoms with Crippen molar-refractivity contribution in [2.45, 2.75) is 33.1 Å². The van der Waals surface area contributed by atoms with Gasteiger partial charge in [0.1, 0.15) is 10.8 Å². The summed E-state index contributed by atoms with van der Waals surface area (Å²) in [6.45, 7) is 4.63. The number of rotatable bonds is 9. The molecule has 3 aromatic rings. The van der Waals surface area contributed by atoms with E-state index in [4.69, 9.17) is 10.5 Å². The molecule has 5 nitrogen and oxygen atoms in total. The number of ether oxygens (including phenoxy) is 1. The Hall–Kier alpha value is -3.12. The zero-order valence-corrected chi connectivity index (χ0v) is 18.1. The average Bonchev–Trinajstić information content (AvgIpc) is 3.04. The summed E-state index contributed by atoms with van der Waals surface area (Å²) in [4.78, 5) is 25.8. The van der Waals surface area contributed by atoms with E-state index in [0.717, 1.165) is 34.6 Å². The molecule has 0 saturated heterocycles. The maximum atomic E-state index is 12.7. The zero-order chi connectivity index (χ0) is 21.5. The van der Waals surface area contributed by atoms with Crippen molar-refractivity contribution in [3.05, 3.63) is 81.7 Å². The first kappa shape index (κ1) is 21.6. The van der Waals surface area contributed by atoms with Crippen LogP contribution in [-0.4, -0.2) is 18.4 Å². The van der Waals surface area contributed by atoms with Crippen molar-refractivity contribution in [2.75, 3.05) is 11.9 Å². The normalized spacial score (nSPS) is 10.6. The highest BCUT2D eigenvalue weighted by Gasteiger charge is 2.21. The van der Waals surface area contributed by atoms with Crippen molar-refractivity contribution in [1.29, 1.82) is 0 Å². The SMILES string of the molecule is CCCCOc1ccc(C(=O)Nc2sc(Cc3ccccc3)c(C)c2C(N)=O)cc1. The van der Waals surface area contributed by atoms with Crippen LogP contribution in [0.3, 0.4) is 0 Å². The van der Waals surface area contributed by atoms with Crippen molar-refractivity contribution in [1.82, 2.24) is 0 Å². The van der Waals surface area contributed by atoms with Crippen LogP contribution in [0.15, 0.2) is 54.6 Å². The van der Waals surface area contributed by atoms with Gasteiger partial charge in [-0.1, -0.05) is 43.7 Å². The Kier molecular flexibility index (Phi) is 7.25. The molecule has 0 aliphatic rings. The van der Waals surface area contributed by atoms with Crippen LogP contribution < -0.4 is 15.8 Å². The second-order valence-electron chi connectivity index (χ2n) is 7.06. The molecule has 0 aliphatic carbocycles. The van der Waals surface area contributed by atoms with Gasteiger partial charge in [0.15, 0.2) is 0 Å². The lowest BCUT2D eigenvalue weighted by Crippen LogP contribution is -2.17. The number of nitrogens with one attached hydrogen (secondary N) is 1. The fourth-order valence-corrected chi connectivity index (χ4v) is 4.35. The second kappa shape index (κ2) is 10.1. The molecule has 0 atom stereocenters. The quantitative estimate of drug-likeness (QED) is 0.466. The number of hydrogen-bond acceptors (Lipinski definition) is 4. The highest BCUT2D eigenvalue weighted by atomic mass is 32.1. The molecule has 0 bridgehead atoms. The van der Waals surface area contributed by atoms with Gasteiger partial charge in [0, 0.05) is 16.9 Å². The van der Waals surface area contributed by atoms with E-state index in [1.54, 1.807) is 24.3 Å². The van der Waals surface area contributed by atoms with Crippen molar-refractivity contribution >= 4 is 28.2 Å². The van der Waals surface area contributed by atoms with E-state index in [1.165, 1.54) is 11.3 Å². The molecule has 0 radical (unpaired) electrons. The number of carbonyl (C=O) groups excluding carboxylic acids is 2. The molecular weight excluding hydrogens is 396 g/mol. The minimum absolute atomic E-state index is 0.287. The van der Waals surface area contributed by atoms with Gasteiger partial charge >= 0.3 is 0 Å². The topological polar surface area (TPSA) is 81.4 Å². The van der Waals surface area contributed by atoms with Crippen molar-refractivity contribution in [3.8, 4) is 5.75 Å². The van der Waals surface area contributed by atoms with Gasteiger partial charge in [-0.3, -0.25) is 9.59 Å². The van der Waals surface area contributed by atoms with Crippen LogP contribution in [0.5, 0.6) is 5.75 Å². The number of benzene rings is 2. The Bertz CT molecular complexity index is 1010. The number of hydrogen-bond donors (Lipinski definition) is 2. The van der Waals surface area contributed by atoms with E-state index in [2.05, 4.69) is 12.2 Å². The molecule has 156 valence electrons. The molecule has 3 N–H and O–H groups in total. The maximum Gasteiger partial charge on any atom is 0.256 e. The van der Waals surface area contributed by atoms with Crippen molar-refractivity contribution in [2.24, 2.45) is 5.73 Å². The summed E-state index contributed by atoms with van der Waals surface area (Å²) in [6.07, 6.45) is 2.73. The third-order valence-corrected chi connectivity index (χ3v) is 6.02. The van der Waals surface area contributed by atoms with Gasteiger partial charge in [-0.2, -0.15) is 0 Å². The number of amides is 2. The van der Waals surface area contributed by atoms with Crippen molar-refractivity contribution < 1.29 is 14.3 Å². The number of nitrogens with two attached hydrogens (primary N) is 1. The zero-order valence-electron chi connectivity index (χ0n) is 17.2. The molecule has 6 heteroatoms. The third kappa shape index (κ3) is 5.27. The summed E-state index contributed by atoms with van der Waals surface area (Å²) in [7, 11) is 0. The fraction of sp³-hybridized carbons (Fsp3) is 0.250. The number of anilines is 1. The first-order valence-electron chi connectivity index (χ1n) is 9.99. The van der Waals surface area contributed by atoms with Crippen LogP contribution in [0.25, 0.3) is 0 Å². The highest BCUT2D eigenvalue weighted by Crippen LogP contribution is 2.34. The van der Waals surface area contributed by atoms with Gasteiger partial charge in [-0.05, 0) is 48.7 Å². The molecule has 2 amide bonds. The molecule has 30 heavy (non-hydrogen) atoms. The summed E-state index contributed by atoms with van der Waals surface area (Å²) < 4.78 is 5.63. The lowest BCUT2D eigenvalue weighted by molar-refractivity contribution is 0.100. The predicted octanol–water partition coefficient (Wildman–Crippen LogP) is 5.18. The molecule has 3 rings (SSSR count). The lowest BCUT2D eigenvalue weighted by Gasteiger charge is -2.07. The Balaban J connectivity index is 1.77. The van der Waals surface area contributed by atoms with E-state index in [1.807, 2.05) is 37.3 Å². The highest BCUT2D eigenvalue weighted by molar-refractivity contribution is 7.17. The number of thiophene rings is 1. The van der Waals surface area contributed by atoms with Crippen LogP contribution in [0, 0.1) is 6.92 Å². The molecule has 0 spiro atoms. The summed E-state index contributed by atoms with van der Waals surface area (Å²) in [5.41, 5.74) is 8.42. The molecule has 0 fully saturated rings. The summed E-state index contributed by atoms with van der Waals surface area (Å²) >= 11 is 1.39. The first-order chi connectivity index (χ1) is 14.5. The maximum absolute atomic E-state index is 12.7. The molecule has 0 aliphatic heterocycles. The van der Waals surface area contributed by atoms with Gasteiger partial charge in [0.2, 0.25) is 0 Å². The van der Waals surface area contributed by atoms with Crippen molar-refractivity contribution in [3.63, 3.8) is 0 Å². The van der Waals surface area contributed by atoms with Gasteiger partial charge < -0.3 is 15.8 Å². The number of primary amides is 1. The predicted molar refractivity (Wildman–Crippen MR) is 122 cm³/mol. The second-order valence-corrected chi connectivity index (χ2v) is 8.17.